The van der Waals surface area contributed by atoms with Crippen LogP contribution in [0.2, 0.25) is 5.02 Å². The molecule has 4 aromatic rings. The number of anilines is 1. The number of fused-ring (bicyclic) bond motifs is 1. The summed E-state index contributed by atoms with van der Waals surface area (Å²) in [4.78, 5) is 30.4. The zero-order valence-corrected chi connectivity index (χ0v) is 28.0. The Bertz CT molecular complexity index is 1820. The van der Waals surface area contributed by atoms with Gasteiger partial charge in [0.05, 0.1) is 10.6 Å². The van der Waals surface area contributed by atoms with Gasteiger partial charge in [-0.3, -0.25) is 13.9 Å². The number of nitrogens with one attached hydrogen (secondary N) is 1. The number of sulfonamides is 1. The summed E-state index contributed by atoms with van der Waals surface area (Å²) < 4.78 is 41.1. The molecule has 1 heterocycles. The summed E-state index contributed by atoms with van der Waals surface area (Å²) in [7, 11) is -4.24. The molecule has 11 heteroatoms. The van der Waals surface area contributed by atoms with E-state index in [1.807, 2.05) is 30.3 Å². The van der Waals surface area contributed by atoms with E-state index in [-0.39, 0.29) is 35.5 Å². The smallest absolute Gasteiger partial charge is 0.264 e. The molecule has 1 fully saturated rings. The van der Waals surface area contributed by atoms with E-state index in [1.165, 1.54) is 17.0 Å². The van der Waals surface area contributed by atoms with Gasteiger partial charge in [0.2, 0.25) is 11.8 Å². The second kappa shape index (κ2) is 15.1. The van der Waals surface area contributed by atoms with Gasteiger partial charge in [0, 0.05) is 30.1 Å². The third kappa shape index (κ3) is 7.94. The maximum atomic E-state index is 14.7. The number of ether oxygens (including phenoxy) is 2. The molecule has 4 aromatic carbocycles. The summed E-state index contributed by atoms with van der Waals surface area (Å²) in [5.41, 5.74) is 1.85. The Balaban J connectivity index is 1.40. The summed E-state index contributed by atoms with van der Waals surface area (Å²) in [5.74, 6) is 0.0614. The number of nitrogens with zero attached hydrogens (tertiary/aromatic N) is 2. The van der Waals surface area contributed by atoms with Gasteiger partial charge in [-0.05, 0) is 60.4 Å². The minimum absolute atomic E-state index is 0.0240. The fourth-order valence-corrected chi connectivity index (χ4v) is 7.70. The predicted molar refractivity (Wildman–Crippen MR) is 185 cm³/mol. The van der Waals surface area contributed by atoms with E-state index in [4.69, 9.17) is 21.1 Å². The lowest BCUT2D eigenvalue weighted by Crippen LogP contribution is -2.54. The van der Waals surface area contributed by atoms with E-state index in [9.17, 15) is 18.0 Å². The predicted octanol–water partition coefficient (Wildman–Crippen LogP) is 6.01. The van der Waals surface area contributed by atoms with Crippen LogP contribution in [0.1, 0.15) is 36.8 Å². The van der Waals surface area contributed by atoms with Crippen molar-refractivity contribution in [1.82, 2.24) is 10.2 Å². The normalized spacial score (nSPS) is 15.0. The van der Waals surface area contributed by atoms with Crippen LogP contribution in [0.15, 0.2) is 108 Å². The Hall–Kier alpha value is -4.54. The first kappa shape index (κ1) is 33.4. The standard InChI is InChI=1S/C37H38ClN3O6S/c38-29-17-15-28(16-18-29)25-40(33(23-27-9-3-1-4-10-27)37(43)39-30-11-7-8-12-30)36(42)26-41(48(44,45)32-13-5-2-6-14-32)31-19-20-34-35(24-31)47-22-21-46-34/h1-6,9-10,13-20,24,30,33H,7-8,11-12,21-23,25-26H2,(H,39,43)/t33-/m0/s1. The van der Waals surface area contributed by atoms with Gasteiger partial charge in [0.25, 0.3) is 10.0 Å². The minimum atomic E-state index is -4.24. The van der Waals surface area contributed by atoms with Crippen molar-refractivity contribution in [3.8, 4) is 11.5 Å². The van der Waals surface area contributed by atoms with Crippen LogP contribution < -0.4 is 19.1 Å². The average molecular weight is 688 g/mol. The van der Waals surface area contributed by atoms with Gasteiger partial charge in [0.15, 0.2) is 11.5 Å². The van der Waals surface area contributed by atoms with Crippen molar-refractivity contribution in [2.75, 3.05) is 24.1 Å². The molecule has 1 saturated carbocycles. The molecule has 0 unspecified atom stereocenters. The van der Waals surface area contributed by atoms with Crippen LogP contribution in [0.5, 0.6) is 11.5 Å². The van der Waals surface area contributed by atoms with Crippen molar-refractivity contribution in [3.63, 3.8) is 0 Å². The Kier molecular flexibility index (Phi) is 10.5. The number of carbonyl (C=O) groups excluding carboxylic acids is 2. The molecule has 6 rings (SSSR count). The Morgan fingerprint density at radius 1 is 0.812 bits per heavy atom. The van der Waals surface area contributed by atoms with Gasteiger partial charge in [-0.2, -0.15) is 0 Å². The molecule has 1 aliphatic carbocycles. The zero-order chi connectivity index (χ0) is 33.5. The minimum Gasteiger partial charge on any atom is -0.486 e. The largest absolute Gasteiger partial charge is 0.486 e. The quantitative estimate of drug-likeness (QED) is 0.196. The van der Waals surface area contributed by atoms with Gasteiger partial charge in [-0.25, -0.2) is 8.42 Å². The maximum absolute atomic E-state index is 14.7. The van der Waals surface area contributed by atoms with Crippen LogP contribution in [0.25, 0.3) is 0 Å². The molecule has 0 aromatic heterocycles. The number of hydrogen-bond donors (Lipinski definition) is 1. The molecule has 48 heavy (non-hydrogen) atoms. The van der Waals surface area contributed by atoms with E-state index in [0.29, 0.717) is 29.7 Å². The van der Waals surface area contributed by atoms with Crippen molar-refractivity contribution in [2.24, 2.45) is 0 Å². The van der Waals surface area contributed by atoms with Gasteiger partial charge in [0.1, 0.15) is 25.8 Å². The topological polar surface area (TPSA) is 105 Å². The molecule has 1 aliphatic heterocycles. The first-order valence-electron chi connectivity index (χ1n) is 16.1. The zero-order valence-electron chi connectivity index (χ0n) is 26.5. The fourth-order valence-electron chi connectivity index (χ4n) is 6.14. The summed E-state index contributed by atoms with van der Waals surface area (Å²) >= 11 is 6.18. The molecular formula is C37H38ClN3O6S. The molecule has 0 radical (unpaired) electrons. The average Bonchev–Trinajstić information content (AvgIpc) is 3.63. The van der Waals surface area contributed by atoms with Gasteiger partial charge in [-0.1, -0.05) is 85.1 Å². The highest BCUT2D eigenvalue weighted by atomic mass is 35.5. The van der Waals surface area contributed by atoms with Crippen molar-refractivity contribution in [2.45, 2.75) is 55.6 Å². The molecule has 1 atom stereocenters. The second-order valence-corrected chi connectivity index (χ2v) is 14.3. The molecule has 250 valence electrons. The molecule has 9 nitrogen and oxygen atoms in total. The number of amides is 2. The van der Waals surface area contributed by atoms with E-state index in [1.54, 1.807) is 60.7 Å². The van der Waals surface area contributed by atoms with Crippen LogP contribution in [0.4, 0.5) is 5.69 Å². The summed E-state index contributed by atoms with van der Waals surface area (Å²) in [6.45, 7) is 0.188. The number of halogens is 1. The lowest BCUT2D eigenvalue weighted by molar-refractivity contribution is -0.140. The van der Waals surface area contributed by atoms with Crippen LogP contribution in [-0.2, 0) is 32.6 Å². The van der Waals surface area contributed by atoms with Crippen molar-refractivity contribution < 1.29 is 27.5 Å². The SMILES string of the molecule is O=C(NC1CCCC1)[C@H](Cc1ccccc1)N(Cc1ccc(Cl)cc1)C(=O)CN(c1ccc2c(c1)OCCO2)S(=O)(=O)c1ccccc1. The maximum Gasteiger partial charge on any atom is 0.264 e. The van der Waals surface area contributed by atoms with E-state index >= 15 is 0 Å². The van der Waals surface area contributed by atoms with Gasteiger partial charge >= 0.3 is 0 Å². The third-order valence-corrected chi connectivity index (χ3v) is 10.7. The van der Waals surface area contributed by atoms with Crippen LogP contribution in [0, 0.1) is 0 Å². The summed E-state index contributed by atoms with van der Waals surface area (Å²) in [6, 6.07) is 28.5. The van der Waals surface area contributed by atoms with E-state index in [2.05, 4.69) is 5.32 Å². The molecule has 0 bridgehead atoms. The highest BCUT2D eigenvalue weighted by molar-refractivity contribution is 7.92. The summed E-state index contributed by atoms with van der Waals surface area (Å²) in [6.07, 6.45) is 4.06. The third-order valence-electron chi connectivity index (χ3n) is 8.66. The Morgan fingerprint density at radius 2 is 1.46 bits per heavy atom. The number of benzene rings is 4. The second-order valence-electron chi connectivity index (χ2n) is 12.0. The van der Waals surface area contributed by atoms with Crippen molar-refractivity contribution >= 4 is 39.1 Å². The first-order chi connectivity index (χ1) is 23.3. The first-order valence-corrected chi connectivity index (χ1v) is 18.0. The van der Waals surface area contributed by atoms with Crippen molar-refractivity contribution in [3.05, 3.63) is 119 Å². The Morgan fingerprint density at radius 3 is 2.15 bits per heavy atom. The van der Waals surface area contributed by atoms with Crippen molar-refractivity contribution in [1.29, 1.82) is 0 Å². The van der Waals surface area contributed by atoms with E-state index < -0.39 is 28.5 Å². The highest BCUT2D eigenvalue weighted by Crippen LogP contribution is 2.36. The molecule has 0 saturated heterocycles. The highest BCUT2D eigenvalue weighted by Gasteiger charge is 2.36. The van der Waals surface area contributed by atoms with Gasteiger partial charge in [-0.15, -0.1) is 0 Å². The van der Waals surface area contributed by atoms with Crippen LogP contribution in [-0.4, -0.2) is 57.0 Å². The molecular weight excluding hydrogens is 650 g/mol. The van der Waals surface area contributed by atoms with Crippen LogP contribution >= 0.6 is 11.6 Å². The lowest BCUT2D eigenvalue weighted by Gasteiger charge is -2.34. The number of rotatable bonds is 12. The molecule has 2 amide bonds. The fraction of sp³-hybridized carbons (Fsp3) is 0.297. The monoisotopic (exact) mass is 687 g/mol. The molecule has 2 aliphatic rings. The van der Waals surface area contributed by atoms with E-state index in [0.717, 1.165) is 41.1 Å². The summed E-state index contributed by atoms with van der Waals surface area (Å²) in [5, 5.41) is 3.73. The van der Waals surface area contributed by atoms with Crippen LogP contribution in [0.3, 0.4) is 0 Å². The Labute approximate surface area is 286 Å². The molecule has 1 N–H and O–H groups in total. The van der Waals surface area contributed by atoms with Gasteiger partial charge < -0.3 is 19.7 Å². The number of carbonyl (C=O) groups is 2. The molecule has 0 spiro atoms. The lowest BCUT2D eigenvalue weighted by atomic mass is 10.0. The number of hydrogen-bond acceptors (Lipinski definition) is 6.